The molecule has 0 saturated carbocycles. The third-order valence-electron chi connectivity index (χ3n) is 4.82. The molecule has 2 rings (SSSR count). The fourth-order valence-electron chi connectivity index (χ4n) is 3.15. The van der Waals surface area contributed by atoms with Crippen molar-refractivity contribution >= 4 is 29.9 Å². The van der Waals surface area contributed by atoms with E-state index in [4.69, 9.17) is 9.47 Å². The van der Waals surface area contributed by atoms with Gasteiger partial charge in [0.15, 0.2) is 5.96 Å². The molecule has 1 saturated heterocycles. The number of hydrogen-bond acceptors (Lipinski definition) is 5. The van der Waals surface area contributed by atoms with E-state index in [1.165, 1.54) is 6.42 Å². The molecule has 0 radical (unpaired) electrons. The van der Waals surface area contributed by atoms with Gasteiger partial charge in [-0.1, -0.05) is 19.4 Å². The highest BCUT2D eigenvalue weighted by atomic mass is 127. The molecule has 0 atom stereocenters. The lowest BCUT2D eigenvalue weighted by molar-refractivity contribution is 0.0487. The molecule has 1 aliphatic heterocycles. The van der Waals surface area contributed by atoms with Crippen molar-refractivity contribution in [3.8, 4) is 0 Å². The molecule has 0 aromatic carbocycles. The first-order chi connectivity index (χ1) is 13.8. The van der Waals surface area contributed by atoms with E-state index in [0.717, 1.165) is 63.7 Å². The summed E-state index contributed by atoms with van der Waals surface area (Å²) in [5.74, 6) is 0.853. The summed E-state index contributed by atoms with van der Waals surface area (Å²) in [7, 11) is 1.81. The van der Waals surface area contributed by atoms with Crippen molar-refractivity contribution in [3.63, 3.8) is 0 Å². The highest BCUT2D eigenvalue weighted by Gasteiger charge is 2.20. The van der Waals surface area contributed by atoms with Crippen molar-refractivity contribution in [2.75, 3.05) is 53.1 Å². The fraction of sp³-hybridized carbons (Fsp3) is 0.714. The van der Waals surface area contributed by atoms with Gasteiger partial charge in [-0.3, -0.25) is 14.9 Å². The second-order valence-electron chi connectivity index (χ2n) is 7.09. The normalized spacial score (nSPS) is 15.7. The molecular weight excluding hydrogens is 481 g/mol. The Morgan fingerprint density at radius 1 is 1.17 bits per heavy atom. The number of aliphatic imine (C=N–C) groups is 1. The van der Waals surface area contributed by atoms with Gasteiger partial charge in [-0.15, -0.1) is 24.0 Å². The molecule has 1 aliphatic rings. The van der Waals surface area contributed by atoms with Gasteiger partial charge in [0.05, 0.1) is 25.5 Å². The Hall–Kier alpha value is -0.970. The minimum absolute atomic E-state index is 0. The number of aromatic nitrogens is 1. The molecule has 2 N–H and O–H groups in total. The average Bonchev–Trinajstić information content (AvgIpc) is 2.73. The summed E-state index contributed by atoms with van der Waals surface area (Å²) in [6, 6.07) is 6.56. The minimum atomic E-state index is 0. The van der Waals surface area contributed by atoms with E-state index in [-0.39, 0.29) is 24.0 Å². The van der Waals surface area contributed by atoms with Crippen LogP contribution in [0.1, 0.15) is 38.3 Å². The molecule has 1 aromatic heterocycles. The van der Waals surface area contributed by atoms with Crippen molar-refractivity contribution in [2.24, 2.45) is 4.99 Å². The smallest absolute Gasteiger partial charge is 0.191 e. The second-order valence-corrected chi connectivity index (χ2v) is 7.09. The third-order valence-corrected chi connectivity index (χ3v) is 4.82. The maximum Gasteiger partial charge on any atom is 0.191 e. The summed E-state index contributed by atoms with van der Waals surface area (Å²) >= 11 is 0. The number of ether oxygens (including phenoxy) is 2. The predicted octanol–water partition coefficient (Wildman–Crippen LogP) is 2.66. The Kier molecular flexibility index (Phi) is 15.1. The van der Waals surface area contributed by atoms with Crippen molar-refractivity contribution in [1.29, 1.82) is 0 Å². The molecule has 0 aliphatic carbocycles. The first kappa shape index (κ1) is 26.1. The van der Waals surface area contributed by atoms with E-state index in [0.29, 0.717) is 25.9 Å². The summed E-state index contributed by atoms with van der Waals surface area (Å²) in [6.07, 6.45) is 6.37. The molecule has 7 nitrogen and oxygen atoms in total. The van der Waals surface area contributed by atoms with Gasteiger partial charge in [0, 0.05) is 52.1 Å². The van der Waals surface area contributed by atoms with E-state index < -0.39 is 0 Å². The molecule has 8 heteroatoms. The summed E-state index contributed by atoms with van der Waals surface area (Å²) in [4.78, 5) is 11.2. The molecule has 0 bridgehead atoms. The standard InChI is InChI=1S/C21H37N5O2.HI/c1-3-4-14-27-16-17-28-15-11-24-21(22-2)25-19-8-12-26(13-9-19)18-20-7-5-6-10-23-20;/h5-7,10,19H,3-4,8-9,11-18H2,1-2H3,(H2,22,24,25);1H. The van der Waals surface area contributed by atoms with Gasteiger partial charge in [0.25, 0.3) is 0 Å². The van der Waals surface area contributed by atoms with Crippen LogP contribution in [0.15, 0.2) is 29.4 Å². The fourth-order valence-corrected chi connectivity index (χ4v) is 3.15. The lowest BCUT2D eigenvalue weighted by atomic mass is 10.1. The number of guanidine groups is 1. The number of halogens is 1. The van der Waals surface area contributed by atoms with E-state index in [9.17, 15) is 0 Å². The summed E-state index contributed by atoms with van der Waals surface area (Å²) in [5.41, 5.74) is 1.14. The van der Waals surface area contributed by atoms with Crippen LogP contribution in [-0.2, 0) is 16.0 Å². The Balaban J connectivity index is 0.00000420. The molecule has 1 fully saturated rings. The number of nitrogens with zero attached hydrogens (tertiary/aromatic N) is 3. The van der Waals surface area contributed by atoms with Crippen LogP contribution in [-0.4, -0.2) is 75.0 Å². The molecule has 1 aromatic rings. The first-order valence-electron chi connectivity index (χ1n) is 10.6. The molecule has 0 amide bonds. The predicted molar refractivity (Wildman–Crippen MR) is 129 cm³/mol. The quantitative estimate of drug-likeness (QED) is 0.192. The minimum Gasteiger partial charge on any atom is -0.379 e. The van der Waals surface area contributed by atoms with Gasteiger partial charge in [-0.25, -0.2) is 0 Å². The van der Waals surface area contributed by atoms with Crippen LogP contribution >= 0.6 is 24.0 Å². The van der Waals surface area contributed by atoms with Crippen molar-refractivity contribution < 1.29 is 9.47 Å². The summed E-state index contributed by atoms with van der Waals surface area (Å²) in [5, 5.41) is 6.86. The Bertz CT molecular complexity index is 539. The zero-order valence-electron chi connectivity index (χ0n) is 17.9. The lowest BCUT2D eigenvalue weighted by Crippen LogP contribution is -2.49. The van der Waals surface area contributed by atoms with Crippen LogP contribution in [0, 0.1) is 0 Å². The monoisotopic (exact) mass is 519 g/mol. The van der Waals surface area contributed by atoms with Gasteiger partial charge >= 0.3 is 0 Å². The number of hydrogen-bond donors (Lipinski definition) is 2. The zero-order valence-corrected chi connectivity index (χ0v) is 20.3. The van der Waals surface area contributed by atoms with Crippen LogP contribution in [0.2, 0.25) is 0 Å². The number of nitrogens with one attached hydrogen (secondary N) is 2. The lowest BCUT2D eigenvalue weighted by Gasteiger charge is -2.32. The molecule has 0 unspecified atom stereocenters. The maximum absolute atomic E-state index is 5.59. The molecule has 2 heterocycles. The van der Waals surface area contributed by atoms with E-state index >= 15 is 0 Å². The van der Waals surface area contributed by atoms with E-state index in [2.05, 4.69) is 44.6 Å². The Labute approximate surface area is 193 Å². The molecule has 166 valence electrons. The number of pyridine rings is 1. The summed E-state index contributed by atoms with van der Waals surface area (Å²) in [6.45, 7) is 8.79. The Morgan fingerprint density at radius 2 is 1.93 bits per heavy atom. The van der Waals surface area contributed by atoms with Crippen LogP contribution in [0.3, 0.4) is 0 Å². The van der Waals surface area contributed by atoms with Crippen molar-refractivity contribution in [1.82, 2.24) is 20.5 Å². The second kappa shape index (κ2) is 16.8. The molecular formula is C21H38IN5O2. The number of piperidine rings is 1. The largest absolute Gasteiger partial charge is 0.379 e. The van der Waals surface area contributed by atoms with Gasteiger partial charge in [-0.2, -0.15) is 0 Å². The zero-order chi connectivity index (χ0) is 19.9. The number of rotatable bonds is 12. The maximum atomic E-state index is 5.59. The molecule has 0 spiro atoms. The topological polar surface area (TPSA) is 71.0 Å². The van der Waals surface area contributed by atoms with Gasteiger partial charge in [-0.05, 0) is 31.4 Å². The summed E-state index contributed by atoms with van der Waals surface area (Å²) < 4.78 is 11.1. The van der Waals surface area contributed by atoms with Crippen LogP contribution in [0.25, 0.3) is 0 Å². The van der Waals surface area contributed by atoms with E-state index in [1.54, 1.807) is 0 Å². The van der Waals surface area contributed by atoms with E-state index in [1.807, 2.05) is 19.3 Å². The SMILES string of the molecule is CCCCOCCOCCNC(=NC)NC1CCN(Cc2ccccn2)CC1.I. The van der Waals surface area contributed by atoms with Crippen molar-refractivity contribution in [2.45, 2.75) is 45.2 Å². The van der Waals surface area contributed by atoms with Crippen LogP contribution in [0.4, 0.5) is 0 Å². The highest BCUT2D eigenvalue weighted by Crippen LogP contribution is 2.12. The average molecular weight is 519 g/mol. The van der Waals surface area contributed by atoms with Gasteiger partial charge < -0.3 is 20.1 Å². The van der Waals surface area contributed by atoms with Crippen molar-refractivity contribution in [3.05, 3.63) is 30.1 Å². The third kappa shape index (κ3) is 11.7. The first-order valence-corrected chi connectivity index (χ1v) is 10.6. The van der Waals surface area contributed by atoms with Gasteiger partial charge in [0.2, 0.25) is 0 Å². The van der Waals surface area contributed by atoms with Crippen LogP contribution < -0.4 is 10.6 Å². The molecule has 29 heavy (non-hydrogen) atoms. The highest BCUT2D eigenvalue weighted by molar-refractivity contribution is 14.0. The number of likely N-dealkylation sites (tertiary alicyclic amines) is 1. The van der Waals surface area contributed by atoms with Crippen LogP contribution in [0.5, 0.6) is 0 Å². The number of unbranched alkanes of at least 4 members (excludes halogenated alkanes) is 1. The van der Waals surface area contributed by atoms with Gasteiger partial charge in [0.1, 0.15) is 0 Å². The Morgan fingerprint density at radius 3 is 2.59 bits per heavy atom.